The number of benzene rings is 2. The van der Waals surface area contributed by atoms with Crippen molar-refractivity contribution in [3.63, 3.8) is 0 Å². The number of rotatable bonds is 8. The summed E-state index contributed by atoms with van der Waals surface area (Å²) in [6.07, 6.45) is 4.93. The first kappa shape index (κ1) is 20.6. The second-order valence-electron chi connectivity index (χ2n) is 6.24. The number of ether oxygens (including phenoxy) is 2. The molecule has 0 aliphatic carbocycles. The van der Waals surface area contributed by atoms with Gasteiger partial charge in [-0.25, -0.2) is 0 Å². The number of hydrogen-bond donors (Lipinski definition) is 1. The fraction of sp³-hybridized carbons (Fsp3) is 0.125. The molecule has 0 radical (unpaired) electrons. The molecule has 0 atom stereocenters. The lowest BCUT2D eigenvalue weighted by atomic mass is 10.1. The van der Waals surface area contributed by atoms with Gasteiger partial charge in [-0.1, -0.05) is 36.4 Å². The Kier molecular flexibility index (Phi) is 7.17. The van der Waals surface area contributed by atoms with E-state index in [1.807, 2.05) is 43.3 Å². The number of nitriles is 1. The number of anilines is 1. The summed E-state index contributed by atoms with van der Waals surface area (Å²) in [6.45, 7) is 2.66. The van der Waals surface area contributed by atoms with E-state index in [0.717, 1.165) is 5.56 Å². The molecule has 1 aromatic heterocycles. The van der Waals surface area contributed by atoms with Crippen LogP contribution in [0.25, 0.3) is 6.08 Å². The number of carbonyl (C=O) groups is 1. The molecule has 0 bridgehead atoms. The normalized spacial score (nSPS) is 10.7. The highest BCUT2D eigenvalue weighted by Gasteiger charge is 2.13. The lowest BCUT2D eigenvalue weighted by Crippen LogP contribution is -2.14. The maximum absolute atomic E-state index is 12.7. The second-order valence-corrected chi connectivity index (χ2v) is 6.24. The number of para-hydroxylation sites is 3. The average molecular weight is 399 g/mol. The van der Waals surface area contributed by atoms with Crippen molar-refractivity contribution in [2.45, 2.75) is 13.5 Å². The van der Waals surface area contributed by atoms with Gasteiger partial charge in [0.15, 0.2) is 0 Å². The lowest BCUT2D eigenvalue weighted by molar-refractivity contribution is -0.112. The van der Waals surface area contributed by atoms with E-state index in [1.165, 1.54) is 6.08 Å². The lowest BCUT2D eigenvalue weighted by Gasteiger charge is -2.11. The minimum absolute atomic E-state index is 0.0428. The summed E-state index contributed by atoms with van der Waals surface area (Å²) < 4.78 is 11.4. The highest BCUT2D eigenvalue weighted by Crippen LogP contribution is 2.26. The number of nitrogens with zero attached hydrogens (tertiary/aromatic N) is 2. The Morgan fingerprint density at radius 3 is 2.57 bits per heavy atom. The number of amides is 1. The Morgan fingerprint density at radius 1 is 1.07 bits per heavy atom. The molecule has 0 unspecified atom stereocenters. The van der Waals surface area contributed by atoms with Gasteiger partial charge in [-0.2, -0.15) is 5.26 Å². The zero-order valence-electron chi connectivity index (χ0n) is 16.5. The summed E-state index contributed by atoms with van der Waals surface area (Å²) in [6, 6.07) is 20.0. The molecule has 6 nitrogen and oxygen atoms in total. The molecular weight excluding hydrogens is 378 g/mol. The second kappa shape index (κ2) is 10.4. The third-order valence-electron chi connectivity index (χ3n) is 4.14. The predicted molar refractivity (Wildman–Crippen MR) is 115 cm³/mol. The van der Waals surface area contributed by atoms with Gasteiger partial charge in [0.2, 0.25) is 0 Å². The summed E-state index contributed by atoms with van der Waals surface area (Å²) >= 11 is 0. The van der Waals surface area contributed by atoms with Gasteiger partial charge in [0, 0.05) is 23.5 Å². The van der Waals surface area contributed by atoms with Gasteiger partial charge in [-0.3, -0.25) is 9.78 Å². The SMILES string of the molecule is CCOc1ccccc1NC(=O)/C(C#N)=C/c1ccccc1OCc1cccnc1. The molecule has 0 aliphatic heterocycles. The van der Waals surface area contributed by atoms with Crippen LogP contribution in [0.15, 0.2) is 78.6 Å². The Bertz CT molecular complexity index is 1070. The van der Waals surface area contributed by atoms with Gasteiger partial charge in [0.25, 0.3) is 5.91 Å². The average Bonchev–Trinajstić information content (AvgIpc) is 2.78. The number of carbonyl (C=O) groups excluding carboxylic acids is 1. The molecule has 0 saturated carbocycles. The molecule has 0 fully saturated rings. The molecule has 1 heterocycles. The van der Waals surface area contributed by atoms with Crippen molar-refractivity contribution in [1.29, 1.82) is 5.26 Å². The maximum Gasteiger partial charge on any atom is 0.266 e. The summed E-state index contributed by atoms with van der Waals surface area (Å²) in [5.74, 6) is 0.592. The Labute approximate surface area is 175 Å². The van der Waals surface area contributed by atoms with Crippen molar-refractivity contribution >= 4 is 17.7 Å². The van der Waals surface area contributed by atoms with E-state index in [1.54, 1.807) is 42.7 Å². The zero-order chi connectivity index (χ0) is 21.2. The Hall–Kier alpha value is -4.11. The number of aromatic nitrogens is 1. The van der Waals surface area contributed by atoms with E-state index < -0.39 is 5.91 Å². The smallest absolute Gasteiger partial charge is 0.266 e. The first-order chi connectivity index (χ1) is 14.7. The summed E-state index contributed by atoms with van der Waals surface area (Å²) in [5.41, 5.74) is 2.01. The monoisotopic (exact) mass is 399 g/mol. The van der Waals surface area contributed by atoms with Gasteiger partial charge in [0.05, 0.1) is 12.3 Å². The molecule has 2 aromatic carbocycles. The van der Waals surface area contributed by atoms with Gasteiger partial charge in [-0.15, -0.1) is 0 Å². The molecule has 3 rings (SSSR count). The largest absolute Gasteiger partial charge is 0.492 e. The predicted octanol–water partition coefficient (Wildman–Crippen LogP) is 4.60. The highest BCUT2D eigenvalue weighted by atomic mass is 16.5. The Balaban J connectivity index is 1.79. The quantitative estimate of drug-likeness (QED) is 0.442. The highest BCUT2D eigenvalue weighted by molar-refractivity contribution is 6.10. The van der Waals surface area contributed by atoms with Crippen LogP contribution < -0.4 is 14.8 Å². The fourth-order valence-electron chi connectivity index (χ4n) is 2.72. The molecule has 0 spiro atoms. The molecule has 150 valence electrons. The first-order valence-electron chi connectivity index (χ1n) is 9.47. The Morgan fingerprint density at radius 2 is 1.83 bits per heavy atom. The van der Waals surface area contributed by atoms with Crippen molar-refractivity contribution < 1.29 is 14.3 Å². The van der Waals surface area contributed by atoms with E-state index in [2.05, 4.69) is 10.3 Å². The van der Waals surface area contributed by atoms with Gasteiger partial charge >= 0.3 is 0 Å². The van der Waals surface area contributed by atoms with E-state index in [-0.39, 0.29) is 5.57 Å². The molecule has 3 aromatic rings. The first-order valence-corrected chi connectivity index (χ1v) is 9.47. The fourth-order valence-corrected chi connectivity index (χ4v) is 2.72. The van der Waals surface area contributed by atoms with Gasteiger partial charge < -0.3 is 14.8 Å². The van der Waals surface area contributed by atoms with Crippen LogP contribution >= 0.6 is 0 Å². The van der Waals surface area contributed by atoms with E-state index >= 15 is 0 Å². The van der Waals surface area contributed by atoms with Crippen LogP contribution in [0.2, 0.25) is 0 Å². The summed E-state index contributed by atoms with van der Waals surface area (Å²) in [4.78, 5) is 16.8. The van der Waals surface area contributed by atoms with Crippen molar-refractivity contribution in [2.24, 2.45) is 0 Å². The molecule has 6 heteroatoms. The van der Waals surface area contributed by atoms with Crippen LogP contribution in [0.3, 0.4) is 0 Å². The standard InChI is InChI=1S/C24H21N3O3/c1-2-29-23-12-6-4-10-21(23)27-24(28)20(15-25)14-19-9-3-5-11-22(19)30-17-18-8-7-13-26-16-18/h3-14,16H,2,17H2,1H3,(H,27,28)/b20-14+. The van der Waals surface area contributed by atoms with Crippen molar-refractivity contribution in [3.05, 3.63) is 89.8 Å². The molecule has 0 aliphatic rings. The van der Waals surface area contributed by atoms with Crippen LogP contribution in [0.1, 0.15) is 18.1 Å². The minimum atomic E-state index is -0.522. The topological polar surface area (TPSA) is 84.2 Å². The van der Waals surface area contributed by atoms with Crippen molar-refractivity contribution in [1.82, 2.24) is 4.98 Å². The van der Waals surface area contributed by atoms with Crippen LogP contribution in [-0.4, -0.2) is 17.5 Å². The van der Waals surface area contributed by atoms with Crippen LogP contribution in [-0.2, 0) is 11.4 Å². The van der Waals surface area contributed by atoms with Gasteiger partial charge in [0.1, 0.15) is 29.7 Å². The van der Waals surface area contributed by atoms with E-state index in [9.17, 15) is 10.1 Å². The van der Waals surface area contributed by atoms with E-state index in [4.69, 9.17) is 9.47 Å². The molecular formula is C24H21N3O3. The van der Waals surface area contributed by atoms with Crippen molar-refractivity contribution in [2.75, 3.05) is 11.9 Å². The zero-order valence-corrected chi connectivity index (χ0v) is 16.5. The summed E-state index contributed by atoms with van der Waals surface area (Å²) in [7, 11) is 0. The maximum atomic E-state index is 12.7. The number of pyridine rings is 1. The number of nitrogens with one attached hydrogen (secondary N) is 1. The molecule has 0 saturated heterocycles. The number of hydrogen-bond acceptors (Lipinski definition) is 5. The third kappa shape index (κ3) is 5.46. The van der Waals surface area contributed by atoms with E-state index in [0.29, 0.717) is 36.0 Å². The van der Waals surface area contributed by atoms with Crippen LogP contribution in [0.4, 0.5) is 5.69 Å². The minimum Gasteiger partial charge on any atom is -0.492 e. The van der Waals surface area contributed by atoms with Gasteiger partial charge in [-0.05, 0) is 37.3 Å². The van der Waals surface area contributed by atoms with Crippen molar-refractivity contribution in [3.8, 4) is 17.6 Å². The third-order valence-corrected chi connectivity index (χ3v) is 4.14. The van der Waals surface area contributed by atoms with Crippen LogP contribution in [0.5, 0.6) is 11.5 Å². The molecule has 30 heavy (non-hydrogen) atoms. The van der Waals surface area contributed by atoms with Crippen LogP contribution in [0, 0.1) is 11.3 Å². The molecule has 1 N–H and O–H groups in total. The molecule has 1 amide bonds. The summed E-state index contributed by atoms with van der Waals surface area (Å²) in [5, 5.41) is 12.3.